The lowest BCUT2D eigenvalue weighted by Gasteiger charge is -2.49. The predicted molar refractivity (Wildman–Crippen MR) is 129 cm³/mol. The summed E-state index contributed by atoms with van der Waals surface area (Å²) in [7, 11) is 3.33. The molecule has 2 heterocycles. The van der Waals surface area contributed by atoms with Gasteiger partial charge in [-0.1, -0.05) is 39.3 Å². The first kappa shape index (κ1) is 28.1. The average molecular weight is 470 g/mol. The first-order valence-corrected chi connectivity index (χ1v) is 12.6. The molecule has 0 radical (unpaired) electrons. The molecule has 1 N–H and O–H groups in total. The van der Waals surface area contributed by atoms with Crippen molar-refractivity contribution < 1.29 is 28.8 Å². The number of rotatable bonds is 8. The van der Waals surface area contributed by atoms with Gasteiger partial charge in [-0.25, -0.2) is 4.79 Å². The average Bonchev–Trinajstić information content (AvgIpc) is 3.39. The van der Waals surface area contributed by atoms with Gasteiger partial charge in [0.2, 0.25) is 0 Å². The highest BCUT2D eigenvalue weighted by Gasteiger charge is 2.64. The summed E-state index contributed by atoms with van der Waals surface area (Å²) in [6.45, 7) is 14.1. The third kappa shape index (κ3) is 6.30. The number of hydrogen-bond donors (Lipinski definition) is 1. The quantitative estimate of drug-likeness (QED) is 0.414. The van der Waals surface area contributed by atoms with E-state index in [9.17, 15) is 9.90 Å². The van der Waals surface area contributed by atoms with Gasteiger partial charge in [0.25, 0.3) is 0 Å². The first-order valence-electron chi connectivity index (χ1n) is 12.6. The van der Waals surface area contributed by atoms with E-state index in [1.807, 2.05) is 27.7 Å². The van der Waals surface area contributed by atoms with Gasteiger partial charge in [0.1, 0.15) is 12.2 Å². The van der Waals surface area contributed by atoms with Crippen molar-refractivity contribution >= 4 is 6.09 Å². The number of methoxy groups -OCH3 is 2. The van der Waals surface area contributed by atoms with Crippen LogP contribution in [0.15, 0.2) is 11.6 Å². The van der Waals surface area contributed by atoms with Crippen molar-refractivity contribution in [3.05, 3.63) is 11.6 Å². The largest absolute Gasteiger partial charge is 0.443 e. The molecular formula is C26H47NO6. The topological polar surface area (TPSA) is 80.8 Å². The SMILES string of the molecule is CC.COC[C@@H]1CCCN1C(=O)OC1CC[C@]2(CO2)C(C(C)(C)[C@H](O)CC=C(C)C)C1OC. The maximum Gasteiger partial charge on any atom is 0.410 e. The van der Waals surface area contributed by atoms with Gasteiger partial charge in [0.15, 0.2) is 0 Å². The van der Waals surface area contributed by atoms with E-state index in [2.05, 4.69) is 19.9 Å². The number of likely N-dealkylation sites (tertiary alicyclic amines) is 1. The predicted octanol–water partition coefficient (Wildman–Crippen LogP) is 4.57. The van der Waals surface area contributed by atoms with Crippen LogP contribution in [0.1, 0.15) is 73.6 Å². The van der Waals surface area contributed by atoms with E-state index in [4.69, 9.17) is 18.9 Å². The minimum absolute atomic E-state index is 0.0679. The number of ether oxygens (including phenoxy) is 4. The van der Waals surface area contributed by atoms with Crippen LogP contribution in [0.3, 0.4) is 0 Å². The van der Waals surface area contributed by atoms with Crippen molar-refractivity contribution in [3.63, 3.8) is 0 Å². The summed E-state index contributed by atoms with van der Waals surface area (Å²) in [4.78, 5) is 14.8. The molecule has 0 aromatic heterocycles. The molecule has 1 amide bonds. The summed E-state index contributed by atoms with van der Waals surface area (Å²) in [6, 6.07) is 0.0679. The van der Waals surface area contributed by atoms with Gasteiger partial charge in [-0.05, 0) is 51.4 Å². The Labute approximate surface area is 200 Å². The number of carbonyl (C=O) groups is 1. The van der Waals surface area contributed by atoms with E-state index in [0.717, 1.165) is 19.3 Å². The zero-order valence-corrected chi connectivity index (χ0v) is 22.1. The molecular weight excluding hydrogens is 422 g/mol. The van der Waals surface area contributed by atoms with Crippen LogP contribution >= 0.6 is 0 Å². The molecule has 192 valence electrons. The molecule has 1 saturated carbocycles. The van der Waals surface area contributed by atoms with Crippen LogP contribution in [0.25, 0.3) is 0 Å². The standard InChI is InChI=1S/C24H41NO6.C2H6/c1-16(2)9-10-19(26)23(3,4)21-20(29-6)18(11-12-24(21)15-30-24)31-22(27)25-13-7-8-17(25)14-28-5;1-2/h9,17-21,26H,7-8,10-15H2,1-6H3;1-2H3/t17-,18?,19+,20?,21?,24-;/m0./s1. The number of amides is 1. The summed E-state index contributed by atoms with van der Waals surface area (Å²) < 4.78 is 23.3. The van der Waals surface area contributed by atoms with Crippen molar-refractivity contribution in [2.45, 2.75) is 104 Å². The van der Waals surface area contributed by atoms with E-state index >= 15 is 0 Å². The number of allylic oxidation sites excluding steroid dienone is 1. The van der Waals surface area contributed by atoms with Crippen LogP contribution in [0, 0.1) is 11.3 Å². The van der Waals surface area contributed by atoms with Crippen molar-refractivity contribution in [3.8, 4) is 0 Å². The van der Waals surface area contributed by atoms with Crippen molar-refractivity contribution in [1.82, 2.24) is 4.90 Å². The van der Waals surface area contributed by atoms with Gasteiger partial charge in [-0.2, -0.15) is 0 Å². The second-order valence-electron chi connectivity index (χ2n) is 10.3. The van der Waals surface area contributed by atoms with E-state index < -0.39 is 11.5 Å². The Balaban J connectivity index is 0.00000187. The third-order valence-electron chi connectivity index (χ3n) is 7.53. The van der Waals surface area contributed by atoms with Crippen molar-refractivity contribution in [1.29, 1.82) is 0 Å². The summed E-state index contributed by atoms with van der Waals surface area (Å²) in [5.74, 6) is -0.0783. The van der Waals surface area contributed by atoms with Gasteiger partial charge < -0.3 is 29.0 Å². The molecule has 0 bridgehead atoms. The van der Waals surface area contributed by atoms with Gasteiger partial charge in [-0.15, -0.1) is 0 Å². The van der Waals surface area contributed by atoms with E-state index in [0.29, 0.717) is 32.6 Å². The molecule has 3 rings (SSSR count). The highest BCUT2D eigenvalue weighted by atomic mass is 16.6. The Kier molecular flexibility index (Phi) is 10.2. The molecule has 3 unspecified atom stereocenters. The first-order chi connectivity index (χ1) is 15.7. The number of carbonyl (C=O) groups excluding carboxylic acids is 1. The lowest BCUT2D eigenvalue weighted by Crippen LogP contribution is -2.58. The zero-order valence-electron chi connectivity index (χ0n) is 22.1. The zero-order chi connectivity index (χ0) is 24.8. The van der Waals surface area contributed by atoms with Crippen molar-refractivity contribution in [2.24, 2.45) is 11.3 Å². The second kappa shape index (κ2) is 12.0. The highest BCUT2D eigenvalue weighted by molar-refractivity contribution is 5.68. The number of hydrogen-bond acceptors (Lipinski definition) is 6. The third-order valence-corrected chi connectivity index (χ3v) is 7.53. The maximum atomic E-state index is 13.0. The number of aliphatic hydroxyl groups is 1. The van der Waals surface area contributed by atoms with Gasteiger partial charge >= 0.3 is 6.09 Å². The van der Waals surface area contributed by atoms with E-state index in [1.165, 1.54) is 5.57 Å². The van der Waals surface area contributed by atoms with Crippen LogP contribution in [-0.4, -0.2) is 80.0 Å². The molecule has 2 saturated heterocycles. The van der Waals surface area contributed by atoms with E-state index in [-0.39, 0.29) is 35.9 Å². The number of aliphatic hydroxyl groups excluding tert-OH is 1. The smallest absolute Gasteiger partial charge is 0.410 e. The maximum absolute atomic E-state index is 13.0. The molecule has 0 aromatic carbocycles. The highest BCUT2D eigenvalue weighted by Crippen LogP contribution is 2.56. The molecule has 1 aliphatic carbocycles. The fourth-order valence-electron chi connectivity index (χ4n) is 5.65. The number of nitrogens with zero attached hydrogens (tertiary/aromatic N) is 1. The van der Waals surface area contributed by atoms with Crippen LogP contribution in [0.5, 0.6) is 0 Å². The Morgan fingerprint density at radius 2 is 1.94 bits per heavy atom. The number of epoxide rings is 1. The molecule has 3 aliphatic rings. The van der Waals surface area contributed by atoms with Gasteiger partial charge in [0.05, 0.1) is 31.0 Å². The lowest BCUT2D eigenvalue weighted by atomic mass is 9.60. The summed E-state index contributed by atoms with van der Waals surface area (Å²) in [5, 5.41) is 11.1. The summed E-state index contributed by atoms with van der Waals surface area (Å²) in [5.41, 5.74) is 0.410. The van der Waals surface area contributed by atoms with E-state index in [1.54, 1.807) is 19.1 Å². The second-order valence-corrected chi connectivity index (χ2v) is 10.3. The van der Waals surface area contributed by atoms with Crippen LogP contribution in [-0.2, 0) is 18.9 Å². The van der Waals surface area contributed by atoms with Crippen LogP contribution < -0.4 is 0 Å². The minimum atomic E-state index is -0.551. The fraction of sp³-hybridized carbons (Fsp3) is 0.885. The fourth-order valence-corrected chi connectivity index (χ4v) is 5.65. The Hall–Kier alpha value is -1.15. The monoisotopic (exact) mass is 469 g/mol. The molecule has 3 fully saturated rings. The Morgan fingerprint density at radius 1 is 1.27 bits per heavy atom. The molecule has 33 heavy (non-hydrogen) atoms. The molecule has 1 spiro atoms. The van der Waals surface area contributed by atoms with Crippen LogP contribution in [0.4, 0.5) is 4.79 Å². The van der Waals surface area contributed by atoms with Gasteiger partial charge in [-0.3, -0.25) is 0 Å². The lowest BCUT2D eigenvalue weighted by molar-refractivity contribution is -0.156. The summed E-state index contributed by atoms with van der Waals surface area (Å²) >= 11 is 0. The van der Waals surface area contributed by atoms with Gasteiger partial charge in [0, 0.05) is 26.7 Å². The molecule has 7 nitrogen and oxygen atoms in total. The van der Waals surface area contributed by atoms with Crippen molar-refractivity contribution in [2.75, 3.05) is 34.0 Å². The van der Waals surface area contributed by atoms with Crippen LogP contribution in [0.2, 0.25) is 0 Å². The molecule has 6 atom stereocenters. The normalized spacial score (nSPS) is 32.1. The molecule has 2 aliphatic heterocycles. The minimum Gasteiger partial charge on any atom is -0.443 e. The Bertz CT molecular complexity index is 655. The molecule has 7 heteroatoms. The molecule has 0 aromatic rings. The Morgan fingerprint density at radius 3 is 2.48 bits per heavy atom. The summed E-state index contributed by atoms with van der Waals surface area (Å²) in [6.07, 6.45) is 4.50.